The van der Waals surface area contributed by atoms with Gasteiger partial charge >= 0.3 is 0 Å². The van der Waals surface area contributed by atoms with Crippen molar-refractivity contribution in [2.24, 2.45) is 0 Å². The lowest BCUT2D eigenvalue weighted by Gasteiger charge is -2.36. The molecule has 6 nitrogen and oxygen atoms in total. The molecule has 1 fully saturated rings. The monoisotopic (exact) mass is 322 g/mol. The molecule has 3 heterocycles. The zero-order chi connectivity index (χ0) is 17.2. The van der Waals surface area contributed by atoms with E-state index in [0.29, 0.717) is 5.56 Å². The van der Waals surface area contributed by atoms with E-state index in [1.54, 1.807) is 6.20 Å². The Bertz CT molecular complexity index is 716. The minimum atomic E-state index is 0.0193. The molecule has 0 saturated carbocycles. The Morgan fingerprint density at radius 3 is 2.00 bits per heavy atom. The summed E-state index contributed by atoms with van der Waals surface area (Å²) in [6.45, 7) is 9.93. The van der Waals surface area contributed by atoms with E-state index in [1.807, 2.05) is 12.1 Å². The minimum absolute atomic E-state index is 0.0193. The smallest absolute Gasteiger partial charge is 0.151 e. The highest BCUT2D eigenvalue weighted by Crippen LogP contribution is 2.22. The van der Waals surface area contributed by atoms with Crippen LogP contribution in [0.5, 0.6) is 0 Å². The molecule has 0 aliphatic carbocycles. The van der Waals surface area contributed by atoms with Crippen LogP contribution in [0.25, 0.3) is 0 Å². The summed E-state index contributed by atoms with van der Waals surface area (Å²) in [5.74, 6) is 1.85. The summed E-state index contributed by atoms with van der Waals surface area (Å²) in [5, 5.41) is 17.6. The second-order valence-corrected chi connectivity index (χ2v) is 7.02. The van der Waals surface area contributed by atoms with Crippen LogP contribution in [0.3, 0.4) is 0 Å². The van der Waals surface area contributed by atoms with Gasteiger partial charge in [-0.3, -0.25) is 0 Å². The molecule has 0 atom stereocenters. The molecule has 0 aromatic carbocycles. The van der Waals surface area contributed by atoms with Gasteiger partial charge in [-0.1, -0.05) is 20.8 Å². The molecule has 24 heavy (non-hydrogen) atoms. The molecule has 6 heteroatoms. The number of pyridine rings is 1. The van der Waals surface area contributed by atoms with Crippen LogP contribution in [0.15, 0.2) is 30.5 Å². The molecule has 0 amide bonds. The third-order valence-electron chi connectivity index (χ3n) is 4.22. The highest BCUT2D eigenvalue weighted by atomic mass is 15.3. The lowest BCUT2D eigenvalue weighted by molar-refractivity contribution is 0.556. The molecule has 1 aliphatic heterocycles. The molecule has 124 valence electrons. The highest BCUT2D eigenvalue weighted by molar-refractivity contribution is 5.46. The average molecular weight is 322 g/mol. The molecular formula is C18H22N6. The van der Waals surface area contributed by atoms with Crippen LogP contribution in [-0.2, 0) is 5.41 Å². The first-order valence-corrected chi connectivity index (χ1v) is 8.17. The van der Waals surface area contributed by atoms with E-state index in [1.165, 1.54) is 0 Å². The van der Waals surface area contributed by atoms with Crippen molar-refractivity contribution in [2.45, 2.75) is 26.2 Å². The number of nitrogens with zero attached hydrogens (tertiary/aromatic N) is 6. The van der Waals surface area contributed by atoms with E-state index >= 15 is 0 Å². The molecule has 1 aliphatic rings. The highest BCUT2D eigenvalue weighted by Gasteiger charge is 2.21. The number of aromatic nitrogens is 3. The SMILES string of the molecule is CC(C)(C)c1ccc(N2CCN(c3ccc(C#N)cn3)CC2)nn1. The number of rotatable bonds is 2. The Hall–Kier alpha value is -2.68. The van der Waals surface area contributed by atoms with Crippen LogP contribution in [0.2, 0.25) is 0 Å². The van der Waals surface area contributed by atoms with Gasteiger partial charge in [-0.25, -0.2) is 4.98 Å². The summed E-state index contributed by atoms with van der Waals surface area (Å²) in [6, 6.07) is 9.94. The normalized spacial score (nSPS) is 15.2. The van der Waals surface area contributed by atoms with E-state index in [9.17, 15) is 0 Å². The summed E-state index contributed by atoms with van der Waals surface area (Å²) in [7, 11) is 0. The molecule has 2 aromatic heterocycles. The predicted molar refractivity (Wildman–Crippen MR) is 94.1 cm³/mol. The predicted octanol–water partition coefficient (Wildman–Crippen LogP) is 2.37. The summed E-state index contributed by atoms with van der Waals surface area (Å²) in [6.07, 6.45) is 1.62. The van der Waals surface area contributed by atoms with Crippen molar-refractivity contribution in [3.05, 3.63) is 41.7 Å². The zero-order valence-electron chi connectivity index (χ0n) is 14.4. The second-order valence-electron chi connectivity index (χ2n) is 7.02. The lowest BCUT2D eigenvalue weighted by Crippen LogP contribution is -2.47. The van der Waals surface area contributed by atoms with Gasteiger partial charge in [0.15, 0.2) is 5.82 Å². The summed E-state index contributed by atoms with van der Waals surface area (Å²) in [5.41, 5.74) is 1.61. The van der Waals surface area contributed by atoms with Crippen molar-refractivity contribution in [3.63, 3.8) is 0 Å². The number of anilines is 2. The van der Waals surface area contributed by atoms with Crippen LogP contribution in [0.1, 0.15) is 32.0 Å². The zero-order valence-corrected chi connectivity index (χ0v) is 14.4. The van der Waals surface area contributed by atoms with Crippen LogP contribution in [0.4, 0.5) is 11.6 Å². The van der Waals surface area contributed by atoms with Gasteiger partial charge in [-0.15, -0.1) is 5.10 Å². The first-order valence-electron chi connectivity index (χ1n) is 8.17. The van der Waals surface area contributed by atoms with Crippen molar-refractivity contribution in [3.8, 4) is 6.07 Å². The maximum atomic E-state index is 8.85. The first-order chi connectivity index (χ1) is 11.5. The molecule has 0 bridgehead atoms. The molecule has 0 unspecified atom stereocenters. The van der Waals surface area contributed by atoms with Crippen molar-refractivity contribution in [1.29, 1.82) is 5.26 Å². The van der Waals surface area contributed by atoms with Gasteiger partial charge < -0.3 is 9.80 Å². The van der Waals surface area contributed by atoms with Gasteiger partial charge in [-0.05, 0) is 24.3 Å². The van der Waals surface area contributed by atoms with Gasteiger partial charge in [0.1, 0.15) is 11.9 Å². The number of nitriles is 1. The Balaban J connectivity index is 1.63. The molecule has 2 aromatic rings. The Morgan fingerprint density at radius 1 is 0.917 bits per heavy atom. The van der Waals surface area contributed by atoms with Crippen molar-refractivity contribution in [2.75, 3.05) is 36.0 Å². The summed E-state index contributed by atoms with van der Waals surface area (Å²) in [4.78, 5) is 8.85. The second kappa shape index (κ2) is 6.44. The van der Waals surface area contributed by atoms with E-state index in [2.05, 4.69) is 64.0 Å². The van der Waals surface area contributed by atoms with Crippen LogP contribution in [0, 0.1) is 11.3 Å². The first kappa shape index (κ1) is 16.2. The average Bonchev–Trinajstić information content (AvgIpc) is 2.61. The molecular weight excluding hydrogens is 300 g/mol. The third kappa shape index (κ3) is 3.46. The standard InChI is InChI=1S/C18H22N6/c1-18(2,3)15-5-7-17(22-21-15)24-10-8-23(9-11-24)16-6-4-14(12-19)13-20-16/h4-7,13H,8-11H2,1-3H3. The number of hydrogen-bond acceptors (Lipinski definition) is 6. The van der Waals surface area contributed by atoms with E-state index in [-0.39, 0.29) is 5.41 Å². The summed E-state index contributed by atoms with van der Waals surface area (Å²) >= 11 is 0. The lowest BCUT2D eigenvalue weighted by atomic mass is 9.92. The maximum absolute atomic E-state index is 8.85. The van der Waals surface area contributed by atoms with Gasteiger partial charge in [0, 0.05) is 37.8 Å². The topological polar surface area (TPSA) is 68.9 Å². The molecule has 0 N–H and O–H groups in total. The Morgan fingerprint density at radius 2 is 1.54 bits per heavy atom. The number of hydrogen-bond donors (Lipinski definition) is 0. The quantitative estimate of drug-likeness (QED) is 0.845. The molecule has 0 radical (unpaired) electrons. The van der Waals surface area contributed by atoms with E-state index < -0.39 is 0 Å². The fourth-order valence-corrected chi connectivity index (χ4v) is 2.70. The fraction of sp³-hybridized carbons (Fsp3) is 0.444. The van der Waals surface area contributed by atoms with E-state index in [4.69, 9.17) is 5.26 Å². The third-order valence-corrected chi connectivity index (χ3v) is 4.22. The van der Waals surface area contributed by atoms with Crippen molar-refractivity contribution >= 4 is 11.6 Å². The number of piperazine rings is 1. The Kier molecular flexibility index (Phi) is 4.34. The van der Waals surface area contributed by atoms with Gasteiger partial charge in [0.05, 0.1) is 11.3 Å². The van der Waals surface area contributed by atoms with Crippen molar-refractivity contribution < 1.29 is 0 Å². The van der Waals surface area contributed by atoms with Crippen LogP contribution >= 0.6 is 0 Å². The molecule has 1 saturated heterocycles. The largest absolute Gasteiger partial charge is 0.353 e. The molecule has 0 spiro atoms. The summed E-state index contributed by atoms with van der Waals surface area (Å²) < 4.78 is 0. The fourth-order valence-electron chi connectivity index (χ4n) is 2.70. The van der Waals surface area contributed by atoms with Gasteiger partial charge in [0.2, 0.25) is 0 Å². The van der Waals surface area contributed by atoms with Crippen LogP contribution in [-0.4, -0.2) is 41.4 Å². The molecule has 3 rings (SSSR count). The minimum Gasteiger partial charge on any atom is -0.353 e. The maximum Gasteiger partial charge on any atom is 0.151 e. The van der Waals surface area contributed by atoms with E-state index in [0.717, 1.165) is 43.5 Å². The van der Waals surface area contributed by atoms with Gasteiger partial charge in [0.25, 0.3) is 0 Å². The van der Waals surface area contributed by atoms with Crippen LogP contribution < -0.4 is 9.80 Å². The Labute approximate surface area is 142 Å². The van der Waals surface area contributed by atoms with Crippen molar-refractivity contribution in [1.82, 2.24) is 15.2 Å². The van der Waals surface area contributed by atoms with Gasteiger partial charge in [-0.2, -0.15) is 10.4 Å².